The van der Waals surface area contributed by atoms with Gasteiger partial charge in [-0.2, -0.15) is 0 Å². The van der Waals surface area contributed by atoms with E-state index in [9.17, 15) is 0 Å². The predicted molar refractivity (Wildman–Crippen MR) is 117 cm³/mol. The molecule has 0 amide bonds. The number of aromatic nitrogens is 1. The molecule has 1 aliphatic heterocycles. The molecule has 142 valence electrons. The fraction of sp³-hybridized carbons (Fsp3) is 0.476. The van der Waals surface area contributed by atoms with Crippen LogP contribution in [-0.4, -0.2) is 25.1 Å². The highest BCUT2D eigenvalue weighted by atomic mass is 32.1. The van der Waals surface area contributed by atoms with Crippen molar-refractivity contribution in [1.29, 1.82) is 0 Å². The van der Waals surface area contributed by atoms with E-state index < -0.39 is 0 Å². The van der Waals surface area contributed by atoms with Crippen LogP contribution in [0.3, 0.4) is 0 Å². The van der Waals surface area contributed by atoms with Crippen molar-refractivity contribution >= 4 is 27.8 Å². The van der Waals surface area contributed by atoms with Gasteiger partial charge in [0.2, 0.25) is 0 Å². The van der Waals surface area contributed by atoms with Gasteiger partial charge in [0.05, 0.1) is 12.2 Å². The van der Waals surface area contributed by atoms with Gasteiger partial charge in [0, 0.05) is 42.6 Å². The summed E-state index contributed by atoms with van der Waals surface area (Å²) in [5.74, 6) is 0. The Morgan fingerprint density at radius 3 is 2.42 bits per heavy atom. The lowest BCUT2D eigenvalue weighted by Gasteiger charge is -2.26. The first kappa shape index (κ1) is 20.3. The van der Waals surface area contributed by atoms with Crippen LogP contribution in [0.4, 0.5) is 16.5 Å². The Hall–Kier alpha value is -2.01. The van der Waals surface area contributed by atoms with E-state index >= 15 is 0 Å². The summed E-state index contributed by atoms with van der Waals surface area (Å²) in [5.41, 5.74) is 4.40. The molecule has 5 heteroatoms. The van der Waals surface area contributed by atoms with Crippen molar-refractivity contribution < 1.29 is 0 Å². The molecule has 4 nitrogen and oxygen atoms in total. The maximum absolute atomic E-state index is 4.86. The molecular formula is C21H32N4S. The maximum Gasteiger partial charge on any atom is 0.185 e. The van der Waals surface area contributed by atoms with Crippen LogP contribution in [0, 0.1) is 0 Å². The Morgan fingerprint density at radius 1 is 1.19 bits per heavy atom. The molecule has 3 rings (SSSR count). The Kier molecular flexibility index (Phi) is 7.98. The Balaban J connectivity index is 0.00000117. The summed E-state index contributed by atoms with van der Waals surface area (Å²) in [4.78, 5) is 9.50. The first-order valence-electron chi connectivity index (χ1n) is 9.57. The second kappa shape index (κ2) is 10.2. The van der Waals surface area contributed by atoms with E-state index in [4.69, 9.17) is 4.98 Å². The molecule has 1 aliphatic rings. The minimum absolute atomic E-state index is 0.762. The highest BCUT2D eigenvalue weighted by Gasteiger charge is 2.16. The molecule has 0 aliphatic carbocycles. The minimum atomic E-state index is 0.762. The quantitative estimate of drug-likeness (QED) is 0.700. The molecular weight excluding hydrogens is 340 g/mol. The first-order valence-corrected chi connectivity index (χ1v) is 10.5. The SMILES string of the molecule is C=C(C)N(Cc1csc(N2CCCCC2)n1)c1ccc(NC)cc1.CC. The van der Waals surface area contributed by atoms with Crippen molar-refractivity contribution in [3.05, 3.63) is 47.6 Å². The first-order chi connectivity index (χ1) is 12.7. The molecule has 1 saturated heterocycles. The number of benzene rings is 1. The lowest BCUT2D eigenvalue weighted by Crippen LogP contribution is -2.29. The van der Waals surface area contributed by atoms with Crippen molar-refractivity contribution in [3.63, 3.8) is 0 Å². The van der Waals surface area contributed by atoms with Crippen molar-refractivity contribution in [2.24, 2.45) is 0 Å². The summed E-state index contributed by atoms with van der Waals surface area (Å²) in [6.45, 7) is 13.2. The van der Waals surface area contributed by atoms with Crippen LogP contribution in [0.25, 0.3) is 0 Å². The van der Waals surface area contributed by atoms with Crippen molar-refractivity contribution in [2.45, 2.75) is 46.6 Å². The van der Waals surface area contributed by atoms with Crippen LogP contribution in [0.15, 0.2) is 41.9 Å². The van der Waals surface area contributed by atoms with Gasteiger partial charge in [-0.05, 0) is 50.5 Å². The molecule has 0 atom stereocenters. The van der Waals surface area contributed by atoms with E-state index in [0.717, 1.165) is 47.5 Å². The maximum atomic E-state index is 4.86. The summed E-state index contributed by atoms with van der Waals surface area (Å²) >= 11 is 1.76. The van der Waals surface area contributed by atoms with Gasteiger partial charge in [0.1, 0.15) is 0 Å². The topological polar surface area (TPSA) is 31.4 Å². The zero-order valence-electron chi connectivity index (χ0n) is 16.6. The van der Waals surface area contributed by atoms with E-state index in [2.05, 4.69) is 51.3 Å². The zero-order valence-corrected chi connectivity index (χ0v) is 17.4. The second-order valence-electron chi connectivity index (χ2n) is 6.29. The normalized spacial score (nSPS) is 13.6. The van der Waals surface area contributed by atoms with Crippen LogP contribution in [0.1, 0.15) is 45.7 Å². The number of nitrogens with one attached hydrogen (secondary N) is 1. The molecule has 0 spiro atoms. The van der Waals surface area contributed by atoms with Gasteiger partial charge in [0.15, 0.2) is 5.13 Å². The van der Waals surface area contributed by atoms with E-state index in [0.29, 0.717) is 0 Å². The molecule has 1 aromatic heterocycles. The number of hydrogen-bond donors (Lipinski definition) is 1. The molecule has 0 unspecified atom stereocenters. The summed E-state index contributed by atoms with van der Waals surface area (Å²) < 4.78 is 0. The van der Waals surface area contributed by atoms with Crippen LogP contribution >= 0.6 is 11.3 Å². The molecule has 26 heavy (non-hydrogen) atoms. The van der Waals surface area contributed by atoms with Gasteiger partial charge in [-0.25, -0.2) is 4.98 Å². The van der Waals surface area contributed by atoms with E-state index in [1.165, 1.54) is 19.3 Å². The van der Waals surface area contributed by atoms with Crippen LogP contribution in [0.5, 0.6) is 0 Å². The zero-order chi connectivity index (χ0) is 18.9. The summed E-state index contributed by atoms with van der Waals surface area (Å²) in [5, 5.41) is 6.50. The van der Waals surface area contributed by atoms with Gasteiger partial charge in [-0.3, -0.25) is 0 Å². The molecule has 0 bridgehead atoms. The fourth-order valence-electron chi connectivity index (χ4n) is 3.02. The highest BCUT2D eigenvalue weighted by Crippen LogP contribution is 2.27. The molecule has 1 fully saturated rings. The third-order valence-electron chi connectivity index (χ3n) is 4.41. The summed E-state index contributed by atoms with van der Waals surface area (Å²) in [6, 6.07) is 8.42. The lowest BCUT2D eigenvalue weighted by molar-refractivity contribution is 0.576. The number of rotatable bonds is 6. The average Bonchev–Trinajstić information content (AvgIpc) is 3.17. The molecule has 2 aromatic rings. The number of piperidine rings is 1. The number of thiazole rings is 1. The van der Waals surface area contributed by atoms with E-state index in [1.807, 2.05) is 27.8 Å². The molecule has 0 radical (unpaired) electrons. The average molecular weight is 373 g/mol. The van der Waals surface area contributed by atoms with Gasteiger partial charge < -0.3 is 15.1 Å². The van der Waals surface area contributed by atoms with Crippen molar-refractivity contribution in [3.8, 4) is 0 Å². The Bertz CT molecular complexity index is 672. The second-order valence-corrected chi connectivity index (χ2v) is 7.12. The highest BCUT2D eigenvalue weighted by molar-refractivity contribution is 7.13. The number of hydrogen-bond acceptors (Lipinski definition) is 5. The van der Waals surface area contributed by atoms with Crippen LogP contribution < -0.4 is 15.1 Å². The van der Waals surface area contributed by atoms with E-state index in [-0.39, 0.29) is 0 Å². The van der Waals surface area contributed by atoms with Crippen LogP contribution in [-0.2, 0) is 6.54 Å². The Labute approximate surface area is 162 Å². The van der Waals surface area contributed by atoms with Crippen molar-refractivity contribution in [2.75, 3.05) is 35.3 Å². The summed E-state index contributed by atoms with van der Waals surface area (Å²) in [7, 11) is 1.93. The lowest BCUT2D eigenvalue weighted by atomic mass is 10.1. The standard InChI is InChI=1S/C19H26N4S.C2H6/c1-15(2)23(18-9-7-16(20-3)8-10-18)13-17-14-24-19(21-17)22-11-5-4-6-12-22;1-2/h7-10,14,20H,1,4-6,11-13H2,2-3H3;1-2H3. The molecule has 2 heterocycles. The largest absolute Gasteiger partial charge is 0.388 e. The van der Waals surface area contributed by atoms with Gasteiger partial charge in [-0.15, -0.1) is 11.3 Å². The summed E-state index contributed by atoms with van der Waals surface area (Å²) in [6.07, 6.45) is 3.91. The van der Waals surface area contributed by atoms with Gasteiger partial charge >= 0.3 is 0 Å². The number of anilines is 3. The third kappa shape index (κ3) is 5.24. The monoisotopic (exact) mass is 372 g/mol. The number of allylic oxidation sites excluding steroid dienone is 1. The Morgan fingerprint density at radius 2 is 1.85 bits per heavy atom. The van der Waals surface area contributed by atoms with Crippen LogP contribution in [0.2, 0.25) is 0 Å². The molecule has 1 N–H and O–H groups in total. The fourth-order valence-corrected chi connectivity index (χ4v) is 3.89. The predicted octanol–water partition coefficient (Wildman–Crippen LogP) is 5.74. The third-order valence-corrected chi connectivity index (χ3v) is 5.36. The van der Waals surface area contributed by atoms with Gasteiger partial charge in [0.25, 0.3) is 0 Å². The molecule has 0 saturated carbocycles. The smallest absolute Gasteiger partial charge is 0.185 e. The minimum Gasteiger partial charge on any atom is -0.388 e. The molecule has 1 aromatic carbocycles. The van der Waals surface area contributed by atoms with Gasteiger partial charge in [-0.1, -0.05) is 20.4 Å². The number of nitrogens with zero attached hydrogens (tertiary/aromatic N) is 3. The van der Waals surface area contributed by atoms with Crippen molar-refractivity contribution in [1.82, 2.24) is 4.98 Å². The van der Waals surface area contributed by atoms with E-state index in [1.54, 1.807) is 11.3 Å².